The van der Waals surface area contributed by atoms with Crippen molar-refractivity contribution in [2.24, 2.45) is 0 Å². The number of rotatable bonds is 5. The number of morpholine rings is 1. The van der Waals surface area contributed by atoms with Gasteiger partial charge in [0.25, 0.3) is 5.91 Å². The minimum absolute atomic E-state index is 0.0219. The van der Waals surface area contributed by atoms with Crippen LogP contribution in [0.1, 0.15) is 29.6 Å². The summed E-state index contributed by atoms with van der Waals surface area (Å²) in [5, 5.41) is 9.31. The molecule has 0 aromatic heterocycles. The minimum Gasteiger partial charge on any atom is -0.378 e. The molecule has 1 aliphatic heterocycles. The van der Waals surface area contributed by atoms with Crippen molar-refractivity contribution in [2.75, 3.05) is 25.1 Å². The molecule has 1 aromatic carbocycles. The lowest BCUT2D eigenvalue weighted by molar-refractivity contribution is -0.117. The number of carbonyl (C=O) groups excluding carboxylic acids is 2. The molecule has 0 radical (unpaired) electrons. The largest absolute Gasteiger partial charge is 0.378 e. The van der Waals surface area contributed by atoms with E-state index in [9.17, 15) is 9.59 Å². The number of benzene rings is 1. The van der Waals surface area contributed by atoms with E-state index in [-0.39, 0.29) is 23.9 Å². The highest BCUT2D eigenvalue weighted by atomic mass is 35.5. The highest BCUT2D eigenvalue weighted by molar-refractivity contribution is 6.34. The highest BCUT2D eigenvalue weighted by Crippen LogP contribution is 2.24. The number of carbonyl (C=O) groups is 2. The fourth-order valence-corrected chi connectivity index (χ4v) is 2.66. The van der Waals surface area contributed by atoms with E-state index >= 15 is 0 Å². The van der Waals surface area contributed by atoms with Crippen LogP contribution in [0.5, 0.6) is 0 Å². The van der Waals surface area contributed by atoms with Crippen molar-refractivity contribution in [1.82, 2.24) is 10.6 Å². The van der Waals surface area contributed by atoms with E-state index < -0.39 is 0 Å². The van der Waals surface area contributed by atoms with Crippen LogP contribution < -0.4 is 16.0 Å². The van der Waals surface area contributed by atoms with E-state index in [1.54, 1.807) is 18.2 Å². The van der Waals surface area contributed by atoms with Gasteiger partial charge in [-0.2, -0.15) is 0 Å². The number of anilines is 1. The number of hydrogen-bond acceptors (Lipinski definition) is 4. The van der Waals surface area contributed by atoms with E-state index in [4.69, 9.17) is 16.3 Å². The molecule has 1 aromatic rings. The van der Waals surface area contributed by atoms with Crippen molar-refractivity contribution in [1.29, 1.82) is 0 Å². The smallest absolute Gasteiger partial charge is 0.253 e. The van der Waals surface area contributed by atoms with Gasteiger partial charge in [0.2, 0.25) is 5.91 Å². The Balaban J connectivity index is 1.60. The molecule has 7 heteroatoms. The Kier molecular flexibility index (Phi) is 5.15. The highest BCUT2D eigenvalue weighted by Gasteiger charge is 2.25. The molecule has 0 bridgehead atoms. The Hall–Kier alpha value is -1.63. The minimum atomic E-state index is -0.198. The summed E-state index contributed by atoms with van der Waals surface area (Å²) in [6.07, 6.45) is 2.35. The molecule has 23 heavy (non-hydrogen) atoms. The zero-order valence-electron chi connectivity index (χ0n) is 12.7. The van der Waals surface area contributed by atoms with E-state index in [1.165, 1.54) is 0 Å². The van der Waals surface area contributed by atoms with Crippen LogP contribution in [0, 0.1) is 0 Å². The fourth-order valence-electron chi connectivity index (χ4n) is 2.45. The average Bonchev–Trinajstić information content (AvgIpc) is 3.34. The Morgan fingerprint density at radius 3 is 2.87 bits per heavy atom. The van der Waals surface area contributed by atoms with Crippen molar-refractivity contribution < 1.29 is 14.3 Å². The third-order valence-electron chi connectivity index (χ3n) is 3.84. The number of ether oxygens (including phenoxy) is 1. The van der Waals surface area contributed by atoms with Gasteiger partial charge in [0.15, 0.2) is 0 Å². The molecule has 2 aliphatic rings. The molecule has 0 spiro atoms. The number of hydrogen-bond donors (Lipinski definition) is 3. The van der Waals surface area contributed by atoms with Crippen LogP contribution in [0.4, 0.5) is 5.69 Å². The molecule has 1 saturated heterocycles. The van der Waals surface area contributed by atoms with E-state index in [2.05, 4.69) is 16.0 Å². The summed E-state index contributed by atoms with van der Waals surface area (Å²) in [5.74, 6) is -0.320. The Labute approximate surface area is 139 Å². The van der Waals surface area contributed by atoms with Crippen LogP contribution in [-0.4, -0.2) is 43.7 Å². The summed E-state index contributed by atoms with van der Waals surface area (Å²) in [7, 11) is 0. The second kappa shape index (κ2) is 7.29. The lowest BCUT2D eigenvalue weighted by atomic mass is 10.1. The first-order chi connectivity index (χ1) is 11.1. The monoisotopic (exact) mass is 337 g/mol. The molecule has 2 fully saturated rings. The topological polar surface area (TPSA) is 79.5 Å². The van der Waals surface area contributed by atoms with Crippen LogP contribution >= 0.6 is 11.6 Å². The first-order valence-electron chi connectivity index (χ1n) is 7.83. The predicted octanol–water partition coefficient (Wildman–Crippen LogP) is 1.55. The summed E-state index contributed by atoms with van der Waals surface area (Å²) in [4.78, 5) is 24.2. The van der Waals surface area contributed by atoms with Gasteiger partial charge in [-0.05, 0) is 31.0 Å². The molecule has 1 aliphatic carbocycles. The summed E-state index contributed by atoms with van der Waals surface area (Å²) in [6, 6.07) is 5.21. The van der Waals surface area contributed by atoms with Gasteiger partial charge in [0, 0.05) is 30.7 Å². The van der Waals surface area contributed by atoms with Gasteiger partial charge in [-0.15, -0.1) is 0 Å². The first kappa shape index (κ1) is 16.2. The van der Waals surface area contributed by atoms with Gasteiger partial charge in [0.1, 0.15) is 0 Å². The first-order valence-corrected chi connectivity index (χ1v) is 8.21. The molecule has 1 atom stereocenters. The van der Waals surface area contributed by atoms with Crippen molar-refractivity contribution in [3.05, 3.63) is 28.8 Å². The summed E-state index contributed by atoms with van der Waals surface area (Å²) >= 11 is 6.09. The van der Waals surface area contributed by atoms with Crippen LogP contribution in [0.3, 0.4) is 0 Å². The van der Waals surface area contributed by atoms with E-state index in [1.807, 2.05) is 0 Å². The van der Waals surface area contributed by atoms with E-state index in [0.717, 1.165) is 19.4 Å². The van der Waals surface area contributed by atoms with Crippen LogP contribution in [0.25, 0.3) is 0 Å². The van der Waals surface area contributed by atoms with Gasteiger partial charge >= 0.3 is 0 Å². The van der Waals surface area contributed by atoms with Gasteiger partial charge in [0.05, 0.1) is 23.8 Å². The standard InChI is InChI=1S/C16H20ClN3O3/c17-14-4-3-11(7-13(14)16(22)20-10-1-2-10)19-15(21)8-12-9-23-6-5-18-12/h3-4,7,10,12,18H,1-2,5-6,8-9H2,(H,19,21)(H,20,22). The molecule has 124 valence electrons. The SMILES string of the molecule is O=C(CC1COCCN1)Nc1ccc(Cl)c(C(=O)NC2CC2)c1. The second-order valence-electron chi connectivity index (χ2n) is 5.92. The maximum atomic E-state index is 12.1. The quantitative estimate of drug-likeness (QED) is 0.761. The molecule has 3 rings (SSSR count). The Bertz CT molecular complexity index is 598. The number of amides is 2. The zero-order valence-corrected chi connectivity index (χ0v) is 13.5. The lowest BCUT2D eigenvalue weighted by Crippen LogP contribution is -2.43. The molecular formula is C16H20ClN3O3. The molecule has 1 unspecified atom stereocenters. The molecule has 2 amide bonds. The fraction of sp³-hybridized carbons (Fsp3) is 0.500. The van der Waals surface area contributed by atoms with Crippen molar-refractivity contribution in [2.45, 2.75) is 31.3 Å². The van der Waals surface area contributed by atoms with Crippen molar-refractivity contribution in [3.63, 3.8) is 0 Å². The maximum Gasteiger partial charge on any atom is 0.253 e. The molecule has 6 nitrogen and oxygen atoms in total. The predicted molar refractivity (Wildman–Crippen MR) is 87.8 cm³/mol. The van der Waals surface area contributed by atoms with E-state index in [0.29, 0.717) is 35.9 Å². The van der Waals surface area contributed by atoms with Crippen molar-refractivity contribution >= 4 is 29.1 Å². The maximum absolute atomic E-state index is 12.1. The van der Waals surface area contributed by atoms with Gasteiger partial charge in [-0.1, -0.05) is 11.6 Å². The third kappa shape index (κ3) is 4.67. The average molecular weight is 338 g/mol. The van der Waals surface area contributed by atoms with Crippen molar-refractivity contribution in [3.8, 4) is 0 Å². The van der Waals surface area contributed by atoms with Crippen LogP contribution in [0.15, 0.2) is 18.2 Å². The molecular weight excluding hydrogens is 318 g/mol. The van der Waals surface area contributed by atoms with Crippen LogP contribution in [-0.2, 0) is 9.53 Å². The molecule has 3 N–H and O–H groups in total. The molecule has 1 heterocycles. The van der Waals surface area contributed by atoms with Gasteiger partial charge < -0.3 is 20.7 Å². The summed E-state index contributed by atoms with van der Waals surface area (Å²) in [6.45, 7) is 1.96. The second-order valence-corrected chi connectivity index (χ2v) is 6.33. The third-order valence-corrected chi connectivity index (χ3v) is 4.17. The lowest BCUT2D eigenvalue weighted by Gasteiger charge is -2.23. The number of nitrogens with one attached hydrogen (secondary N) is 3. The zero-order chi connectivity index (χ0) is 16.2. The summed E-state index contributed by atoms with van der Waals surface area (Å²) in [5.41, 5.74) is 0.951. The number of halogens is 1. The Morgan fingerprint density at radius 1 is 1.35 bits per heavy atom. The van der Waals surface area contributed by atoms with Gasteiger partial charge in [-0.3, -0.25) is 9.59 Å². The summed E-state index contributed by atoms with van der Waals surface area (Å²) < 4.78 is 5.33. The normalized spacial score (nSPS) is 20.8. The Morgan fingerprint density at radius 2 is 2.17 bits per heavy atom. The molecule has 1 saturated carbocycles. The van der Waals surface area contributed by atoms with Gasteiger partial charge in [-0.25, -0.2) is 0 Å². The van der Waals surface area contributed by atoms with Crippen LogP contribution in [0.2, 0.25) is 5.02 Å².